The number of anilines is 1. The number of hydrogen-bond donors (Lipinski definition) is 1. The van der Waals surface area contributed by atoms with Crippen LogP contribution in [0.2, 0.25) is 0 Å². The fraction of sp³-hybridized carbons (Fsp3) is 0.769. The molecule has 17 heavy (non-hydrogen) atoms. The van der Waals surface area contributed by atoms with E-state index in [2.05, 4.69) is 49.8 Å². The Morgan fingerprint density at radius 3 is 2.47 bits per heavy atom. The molecule has 1 aromatic rings. The molecule has 4 heteroatoms. The first-order chi connectivity index (χ1) is 8.08. The lowest BCUT2D eigenvalue weighted by molar-refractivity contribution is 0.554. The van der Waals surface area contributed by atoms with Gasteiger partial charge in [0.1, 0.15) is 0 Å². The van der Waals surface area contributed by atoms with Gasteiger partial charge in [-0.05, 0) is 33.2 Å². The second-order valence-corrected chi connectivity index (χ2v) is 5.76. The molecule has 0 aromatic carbocycles. The Morgan fingerprint density at radius 1 is 1.29 bits per heavy atom. The van der Waals surface area contributed by atoms with Gasteiger partial charge in [-0.15, -0.1) is 11.3 Å². The molecule has 0 spiro atoms. The van der Waals surface area contributed by atoms with Crippen molar-refractivity contribution in [3.8, 4) is 0 Å². The second kappa shape index (κ2) is 6.97. The maximum atomic E-state index is 4.65. The summed E-state index contributed by atoms with van der Waals surface area (Å²) in [5.74, 6) is 0.700. The number of thiazole rings is 1. The highest BCUT2D eigenvalue weighted by Crippen LogP contribution is 2.25. The molecular formula is C13H25N3S. The standard InChI is InChI=1S/C13H25N3S/c1-6-16(7-2)13-15-11(5)12(17-13)9-14-8-10(3)4/h10,14H,6-9H2,1-5H3. The Morgan fingerprint density at radius 2 is 1.94 bits per heavy atom. The molecule has 0 amide bonds. The Balaban J connectivity index is 2.61. The van der Waals surface area contributed by atoms with Crippen LogP contribution in [-0.4, -0.2) is 24.6 Å². The molecule has 98 valence electrons. The molecule has 0 atom stereocenters. The van der Waals surface area contributed by atoms with Crippen molar-refractivity contribution >= 4 is 16.5 Å². The predicted molar refractivity (Wildman–Crippen MR) is 77.0 cm³/mol. The van der Waals surface area contributed by atoms with Gasteiger partial charge in [-0.2, -0.15) is 0 Å². The smallest absolute Gasteiger partial charge is 0.185 e. The average Bonchev–Trinajstić information content (AvgIpc) is 2.62. The van der Waals surface area contributed by atoms with E-state index in [9.17, 15) is 0 Å². The molecule has 0 aliphatic carbocycles. The molecule has 0 aliphatic heterocycles. The molecule has 1 N–H and O–H groups in total. The van der Waals surface area contributed by atoms with E-state index in [1.165, 1.54) is 10.6 Å². The molecular weight excluding hydrogens is 230 g/mol. The normalized spacial score (nSPS) is 11.2. The number of aryl methyl sites for hydroxylation is 1. The van der Waals surface area contributed by atoms with Gasteiger partial charge in [0.05, 0.1) is 5.69 Å². The van der Waals surface area contributed by atoms with Crippen LogP contribution in [0.3, 0.4) is 0 Å². The van der Waals surface area contributed by atoms with Gasteiger partial charge < -0.3 is 10.2 Å². The van der Waals surface area contributed by atoms with Crippen LogP contribution in [-0.2, 0) is 6.54 Å². The Bertz CT molecular complexity index is 329. The van der Waals surface area contributed by atoms with Crippen molar-refractivity contribution < 1.29 is 0 Å². The largest absolute Gasteiger partial charge is 0.349 e. The molecule has 0 saturated heterocycles. The van der Waals surface area contributed by atoms with E-state index >= 15 is 0 Å². The topological polar surface area (TPSA) is 28.2 Å². The van der Waals surface area contributed by atoms with Gasteiger partial charge in [-0.25, -0.2) is 4.98 Å². The maximum Gasteiger partial charge on any atom is 0.185 e. The predicted octanol–water partition coefficient (Wildman–Crippen LogP) is 3.04. The summed E-state index contributed by atoms with van der Waals surface area (Å²) in [4.78, 5) is 8.33. The van der Waals surface area contributed by atoms with Crippen molar-refractivity contribution in [3.63, 3.8) is 0 Å². The zero-order valence-corrected chi connectivity index (χ0v) is 12.5. The van der Waals surface area contributed by atoms with Gasteiger partial charge >= 0.3 is 0 Å². The number of nitrogens with zero attached hydrogens (tertiary/aromatic N) is 2. The summed E-state index contributed by atoms with van der Waals surface area (Å²) in [5.41, 5.74) is 1.17. The lowest BCUT2D eigenvalue weighted by Gasteiger charge is -2.16. The Hall–Kier alpha value is -0.610. The van der Waals surface area contributed by atoms with E-state index in [-0.39, 0.29) is 0 Å². The zero-order chi connectivity index (χ0) is 12.8. The van der Waals surface area contributed by atoms with E-state index in [0.29, 0.717) is 5.92 Å². The minimum atomic E-state index is 0.700. The first-order valence-corrected chi connectivity index (χ1v) is 7.32. The van der Waals surface area contributed by atoms with Gasteiger partial charge in [-0.1, -0.05) is 13.8 Å². The average molecular weight is 255 g/mol. The van der Waals surface area contributed by atoms with E-state index in [1.807, 2.05) is 11.3 Å². The van der Waals surface area contributed by atoms with E-state index in [4.69, 9.17) is 0 Å². The van der Waals surface area contributed by atoms with Crippen LogP contribution in [0.1, 0.15) is 38.3 Å². The Labute approximate surface area is 109 Å². The van der Waals surface area contributed by atoms with Gasteiger partial charge in [0.25, 0.3) is 0 Å². The van der Waals surface area contributed by atoms with E-state index < -0.39 is 0 Å². The van der Waals surface area contributed by atoms with Crippen molar-refractivity contribution in [2.45, 2.75) is 41.2 Å². The molecule has 0 saturated carbocycles. The summed E-state index contributed by atoms with van der Waals surface area (Å²) in [7, 11) is 0. The van der Waals surface area contributed by atoms with E-state index in [1.54, 1.807) is 0 Å². The Kier molecular flexibility index (Phi) is 5.92. The van der Waals surface area contributed by atoms with Crippen LogP contribution in [0.5, 0.6) is 0 Å². The van der Waals surface area contributed by atoms with E-state index in [0.717, 1.165) is 31.3 Å². The first kappa shape index (κ1) is 14.5. The minimum Gasteiger partial charge on any atom is -0.349 e. The van der Waals surface area contributed by atoms with Crippen molar-refractivity contribution in [2.75, 3.05) is 24.5 Å². The number of hydrogen-bond acceptors (Lipinski definition) is 4. The van der Waals surface area contributed by atoms with Crippen LogP contribution in [0.25, 0.3) is 0 Å². The number of aromatic nitrogens is 1. The molecule has 1 aromatic heterocycles. The maximum absolute atomic E-state index is 4.65. The third kappa shape index (κ3) is 4.28. The lowest BCUT2D eigenvalue weighted by Crippen LogP contribution is -2.21. The van der Waals surface area contributed by atoms with Gasteiger partial charge in [0.2, 0.25) is 0 Å². The van der Waals surface area contributed by atoms with Crippen molar-refractivity contribution in [1.29, 1.82) is 0 Å². The van der Waals surface area contributed by atoms with Crippen LogP contribution >= 0.6 is 11.3 Å². The summed E-state index contributed by atoms with van der Waals surface area (Å²) < 4.78 is 0. The summed E-state index contributed by atoms with van der Waals surface area (Å²) in [6.07, 6.45) is 0. The lowest BCUT2D eigenvalue weighted by atomic mass is 10.2. The van der Waals surface area contributed by atoms with Crippen LogP contribution in [0, 0.1) is 12.8 Å². The highest BCUT2D eigenvalue weighted by Gasteiger charge is 2.11. The summed E-state index contributed by atoms with van der Waals surface area (Å²) in [5, 5.41) is 4.64. The van der Waals surface area contributed by atoms with Gasteiger partial charge in [0.15, 0.2) is 5.13 Å². The SMILES string of the molecule is CCN(CC)c1nc(C)c(CNCC(C)C)s1. The monoisotopic (exact) mass is 255 g/mol. The molecule has 0 radical (unpaired) electrons. The van der Waals surface area contributed by atoms with Crippen LogP contribution in [0.4, 0.5) is 5.13 Å². The number of nitrogens with one attached hydrogen (secondary N) is 1. The highest BCUT2D eigenvalue weighted by molar-refractivity contribution is 7.15. The molecule has 1 rings (SSSR count). The molecule has 0 fully saturated rings. The molecule has 0 unspecified atom stereocenters. The first-order valence-electron chi connectivity index (χ1n) is 6.50. The third-order valence-corrected chi connectivity index (χ3v) is 3.97. The van der Waals surface area contributed by atoms with Crippen molar-refractivity contribution in [2.24, 2.45) is 5.92 Å². The van der Waals surface area contributed by atoms with Gasteiger partial charge in [0, 0.05) is 24.5 Å². The summed E-state index contributed by atoms with van der Waals surface area (Å²) in [6.45, 7) is 15.0. The second-order valence-electron chi connectivity index (χ2n) is 4.70. The highest BCUT2D eigenvalue weighted by atomic mass is 32.1. The minimum absolute atomic E-state index is 0.700. The summed E-state index contributed by atoms with van der Waals surface area (Å²) in [6, 6.07) is 0. The van der Waals surface area contributed by atoms with Crippen LogP contribution in [0.15, 0.2) is 0 Å². The van der Waals surface area contributed by atoms with Crippen LogP contribution < -0.4 is 10.2 Å². The fourth-order valence-corrected chi connectivity index (χ4v) is 2.84. The third-order valence-electron chi connectivity index (χ3n) is 2.75. The zero-order valence-electron chi connectivity index (χ0n) is 11.7. The number of rotatable bonds is 7. The summed E-state index contributed by atoms with van der Waals surface area (Å²) >= 11 is 1.82. The molecule has 0 bridgehead atoms. The van der Waals surface area contributed by atoms with Gasteiger partial charge in [-0.3, -0.25) is 0 Å². The molecule has 3 nitrogen and oxygen atoms in total. The fourth-order valence-electron chi connectivity index (χ4n) is 1.68. The quantitative estimate of drug-likeness (QED) is 0.811. The van der Waals surface area contributed by atoms with Crippen molar-refractivity contribution in [3.05, 3.63) is 10.6 Å². The molecule has 1 heterocycles. The molecule has 0 aliphatic rings. The van der Waals surface area contributed by atoms with Crippen molar-refractivity contribution in [1.82, 2.24) is 10.3 Å².